The summed E-state index contributed by atoms with van der Waals surface area (Å²) in [5, 5.41) is 11.8. The summed E-state index contributed by atoms with van der Waals surface area (Å²) in [5.41, 5.74) is 8.04. The number of aliphatic carboxylic acids is 1. The number of imidazole rings is 1. The maximum absolute atomic E-state index is 11.9. The molecule has 0 bridgehead atoms. The van der Waals surface area contributed by atoms with Crippen molar-refractivity contribution in [2.45, 2.75) is 12.5 Å². The molecule has 9 heteroatoms. The number of nitrogens with one attached hydrogen (secondary N) is 2. The number of hydrogen-bond acceptors (Lipinski definition) is 5. The van der Waals surface area contributed by atoms with Crippen LogP contribution in [0.15, 0.2) is 36.5 Å². The lowest BCUT2D eigenvalue weighted by molar-refractivity contribution is -0.138. The van der Waals surface area contributed by atoms with Crippen LogP contribution in [0, 0.1) is 0 Å². The van der Waals surface area contributed by atoms with E-state index in [4.69, 9.17) is 22.4 Å². The fraction of sp³-hybridized carbons (Fsp3) is 0.125. The molecule has 5 N–H and O–H groups in total. The van der Waals surface area contributed by atoms with Gasteiger partial charge in [0.1, 0.15) is 5.69 Å². The Hall–Kier alpha value is -2.97. The van der Waals surface area contributed by atoms with Crippen molar-refractivity contribution in [1.82, 2.24) is 15.0 Å². The molecule has 8 nitrogen and oxygen atoms in total. The number of aromatic amines is 1. The normalized spacial score (nSPS) is 12.1. The van der Waals surface area contributed by atoms with Crippen LogP contribution >= 0.6 is 11.6 Å². The fourth-order valence-electron chi connectivity index (χ4n) is 2.24. The second-order valence-corrected chi connectivity index (χ2v) is 5.81. The maximum Gasteiger partial charge on any atom is 0.305 e. The highest BCUT2D eigenvalue weighted by Crippen LogP contribution is 2.22. The molecule has 2 heterocycles. The predicted octanol–water partition coefficient (Wildman–Crippen LogP) is 2.02. The van der Waals surface area contributed by atoms with Gasteiger partial charge in [0.05, 0.1) is 28.5 Å². The number of hydrogen-bond donors (Lipinski definition) is 4. The Labute approximate surface area is 147 Å². The Bertz CT molecular complexity index is 939. The van der Waals surface area contributed by atoms with Gasteiger partial charge >= 0.3 is 5.97 Å². The average molecular weight is 360 g/mol. The van der Waals surface area contributed by atoms with E-state index in [0.29, 0.717) is 33.3 Å². The molecule has 0 unspecified atom stereocenters. The molecule has 3 rings (SSSR count). The highest BCUT2D eigenvalue weighted by atomic mass is 35.5. The van der Waals surface area contributed by atoms with Gasteiger partial charge in [-0.3, -0.25) is 14.6 Å². The Morgan fingerprint density at radius 2 is 2.12 bits per heavy atom. The molecule has 2 aromatic heterocycles. The predicted molar refractivity (Wildman–Crippen MR) is 93.2 cm³/mol. The number of rotatable bonds is 5. The number of nitrogens with zero attached hydrogens (tertiary/aromatic N) is 2. The largest absolute Gasteiger partial charge is 0.481 e. The van der Waals surface area contributed by atoms with Gasteiger partial charge < -0.3 is 21.1 Å². The summed E-state index contributed by atoms with van der Waals surface area (Å²) in [5.74, 6) is -1.13. The number of anilines is 1. The van der Waals surface area contributed by atoms with Gasteiger partial charge in [-0.05, 0) is 30.3 Å². The van der Waals surface area contributed by atoms with Crippen LogP contribution in [0.5, 0.6) is 0 Å². The minimum absolute atomic E-state index is 0.440. The zero-order valence-electron chi connectivity index (χ0n) is 12.9. The molecule has 1 amide bonds. The van der Waals surface area contributed by atoms with Crippen LogP contribution in [-0.4, -0.2) is 38.0 Å². The number of amides is 1. The first-order chi connectivity index (χ1) is 11.9. The van der Waals surface area contributed by atoms with E-state index in [1.54, 1.807) is 30.3 Å². The lowest BCUT2D eigenvalue weighted by Gasteiger charge is -2.10. The number of nitrogens with two attached hydrogens (primary N) is 1. The van der Waals surface area contributed by atoms with Crippen LogP contribution in [0.3, 0.4) is 0 Å². The van der Waals surface area contributed by atoms with E-state index in [1.165, 1.54) is 6.20 Å². The molecule has 1 atom stereocenters. The smallest absolute Gasteiger partial charge is 0.305 e. The Balaban J connectivity index is 1.81. The number of H-pyrrole nitrogens is 1. The zero-order valence-corrected chi connectivity index (χ0v) is 13.6. The number of fused-ring (bicyclic) bond motifs is 1. The third-order valence-corrected chi connectivity index (χ3v) is 3.67. The van der Waals surface area contributed by atoms with Crippen molar-refractivity contribution >= 4 is 40.2 Å². The topological polar surface area (TPSA) is 134 Å². The summed E-state index contributed by atoms with van der Waals surface area (Å²) >= 11 is 5.82. The maximum atomic E-state index is 11.9. The van der Waals surface area contributed by atoms with E-state index in [2.05, 4.69) is 20.3 Å². The van der Waals surface area contributed by atoms with Crippen LogP contribution in [0.2, 0.25) is 5.02 Å². The van der Waals surface area contributed by atoms with Gasteiger partial charge in [0, 0.05) is 11.9 Å². The van der Waals surface area contributed by atoms with Gasteiger partial charge in [-0.2, -0.15) is 0 Å². The number of carbonyl (C=O) groups is 2. The molecule has 0 fully saturated rings. The van der Waals surface area contributed by atoms with Crippen LogP contribution in [-0.2, 0) is 9.59 Å². The molecule has 25 heavy (non-hydrogen) atoms. The van der Waals surface area contributed by atoms with Gasteiger partial charge in [0.25, 0.3) is 0 Å². The molecule has 0 saturated carbocycles. The standard InChI is InChI=1S/C16H14ClN5O3/c17-8-1-3-12(19-7-8)15-21-11-4-2-9(5-13(11)22-15)20-16(25)10(18)6-14(23)24/h1-5,7,10H,6,18H2,(H,20,25)(H,21,22)(H,23,24)/t10-/m0/s1. The molecule has 0 aliphatic rings. The van der Waals surface area contributed by atoms with Crippen molar-refractivity contribution in [3.05, 3.63) is 41.6 Å². The van der Waals surface area contributed by atoms with Crippen LogP contribution < -0.4 is 11.1 Å². The minimum atomic E-state index is -1.13. The van der Waals surface area contributed by atoms with Gasteiger partial charge in [-0.15, -0.1) is 0 Å². The minimum Gasteiger partial charge on any atom is -0.481 e. The molecule has 128 valence electrons. The van der Waals surface area contributed by atoms with Crippen LogP contribution in [0.1, 0.15) is 6.42 Å². The summed E-state index contributed by atoms with van der Waals surface area (Å²) in [4.78, 5) is 34.2. The summed E-state index contributed by atoms with van der Waals surface area (Å²) in [6, 6.07) is 7.41. The van der Waals surface area contributed by atoms with Crippen molar-refractivity contribution in [3.63, 3.8) is 0 Å². The number of carboxylic acid groups (broad SMARTS) is 1. The number of benzene rings is 1. The lowest BCUT2D eigenvalue weighted by atomic mass is 10.2. The molecule has 0 aliphatic heterocycles. The summed E-state index contributed by atoms with van der Waals surface area (Å²) in [6.45, 7) is 0. The van der Waals surface area contributed by atoms with Gasteiger partial charge in [-0.25, -0.2) is 4.98 Å². The Kier molecular flexibility index (Phi) is 4.64. The van der Waals surface area contributed by atoms with Gasteiger partial charge in [0.15, 0.2) is 5.82 Å². The third-order valence-electron chi connectivity index (χ3n) is 3.45. The first-order valence-electron chi connectivity index (χ1n) is 7.32. The van der Waals surface area contributed by atoms with Crippen LogP contribution in [0.4, 0.5) is 5.69 Å². The first kappa shape index (κ1) is 16.9. The SMILES string of the molecule is N[C@@H](CC(=O)O)C(=O)Nc1ccc2nc(-c3ccc(Cl)cn3)[nH]c2c1. The summed E-state index contributed by atoms with van der Waals surface area (Å²) in [7, 11) is 0. The van der Waals surface area contributed by atoms with E-state index < -0.39 is 24.3 Å². The second kappa shape index (κ2) is 6.88. The number of aromatic nitrogens is 3. The first-order valence-corrected chi connectivity index (χ1v) is 7.70. The Morgan fingerprint density at radius 1 is 1.32 bits per heavy atom. The molecule has 1 aromatic carbocycles. The van der Waals surface area contributed by atoms with Crippen molar-refractivity contribution < 1.29 is 14.7 Å². The molecule has 0 radical (unpaired) electrons. The van der Waals surface area contributed by atoms with Crippen molar-refractivity contribution in [3.8, 4) is 11.5 Å². The molecule has 0 aliphatic carbocycles. The Morgan fingerprint density at radius 3 is 2.80 bits per heavy atom. The lowest BCUT2D eigenvalue weighted by Crippen LogP contribution is -2.37. The highest BCUT2D eigenvalue weighted by molar-refractivity contribution is 6.30. The van der Waals surface area contributed by atoms with E-state index in [1.807, 2.05) is 0 Å². The number of carboxylic acids is 1. The highest BCUT2D eigenvalue weighted by Gasteiger charge is 2.17. The fourth-order valence-corrected chi connectivity index (χ4v) is 2.35. The van der Waals surface area contributed by atoms with E-state index >= 15 is 0 Å². The monoisotopic (exact) mass is 359 g/mol. The van der Waals surface area contributed by atoms with E-state index in [-0.39, 0.29) is 0 Å². The zero-order chi connectivity index (χ0) is 18.0. The van der Waals surface area contributed by atoms with Gasteiger partial charge in [-0.1, -0.05) is 11.6 Å². The molecular formula is C16H14ClN5O3. The van der Waals surface area contributed by atoms with Crippen LogP contribution in [0.25, 0.3) is 22.6 Å². The molecule has 0 saturated heterocycles. The average Bonchev–Trinajstić information content (AvgIpc) is 2.98. The number of carbonyl (C=O) groups excluding carboxylic acids is 1. The number of halogens is 1. The second-order valence-electron chi connectivity index (χ2n) is 5.37. The molecular weight excluding hydrogens is 346 g/mol. The molecule has 0 spiro atoms. The quantitative estimate of drug-likeness (QED) is 0.550. The summed E-state index contributed by atoms with van der Waals surface area (Å²) < 4.78 is 0. The van der Waals surface area contributed by atoms with Crippen molar-refractivity contribution in [2.75, 3.05) is 5.32 Å². The third kappa shape index (κ3) is 3.93. The van der Waals surface area contributed by atoms with E-state index in [0.717, 1.165) is 0 Å². The molecule has 3 aromatic rings. The van der Waals surface area contributed by atoms with Crippen molar-refractivity contribution in [2.24, 2.45) is 5.73 Å². The number of pyridine rings is 1. The summed E-state index contributed by atoms with van der Waals surface area (Å²) in [6.07, 6.45) is 1.09. The van der Waals surface area contributed by atoms with Gasteiger partial charge in [0.2, 0.25) is 5.91 Å². The van der Waals surface area contributed by atoms with E-state index in [9.17, 15) is 9.59 Å². The van der Waals surface area contributed by atoms with Crippen molar-refractivity contribution in [1.29, 1.82) is 0 Å².